The molecule has 0 aromatic heterocycles. The van der Waals surface area contributed by atoms with Crippen LogP contribution in [0.2, 0.25) is 0 Å². The van der Waals surface area contributed by atoms with Gasteiger partial charge in [0, 0.05) is 27.1 Å². The average molecular weight is 285 g/mol. The summed E-state index contributed by atoms with van der Waals surface area (Å²) in [6.07, 6.45) is 0.306. The molecule has 0 aliphatic rings. The van der Waals surface area contributed by atoms with E-state index in [-0.39, 0.29) is 10.8 Å². The van der Waals surface area contributed by atoms with Gasteiger partial charge in [0.25, 0.3) is 0 Å². The Morgan fingerprint density at radius 2 is 1.89 bits per heavy atom. The van der Waals surface area contributed by atoms with E-state index in [1.807, 2.05) is 0 Å². The summed E-state index contributed by atoms with van der Waals surface area (Å²) in [5.41, 5.74) is 0.489. The molecule has 7 heteroatoms. The Labute approximate surface area is 113 Å². The van der Waals surface area contributed by atoms with Gasteiger partial charge in [0.15, 0.2) is 0 Å². The van der Waals surface area contributed by atoms with Gasteiger partial charge in [-0.1, -0.05) is 12.1 Å². The molecule has 0 fully saturated rings. The standard InChI is InChI=1S/C12H19N3O3S/c1-13-19(17,18)11-7-5-4-6-10(11)14-9-8-12(16)15(2)3/h4-7,13-14H,8-9H2,1-3H3. The van der Waals surface area contributed by atoms with E-state index < -0.39 is 10.0 Å². The molecule has 1 aromatic rings. The second kappa shape index (κ2) is 6.53. The fraction of sp³-hybridized carbons (Fsp3) is 0.417. The number of anilines is 1. The van der Waals surface area contributed by atoms with Crippen LogP contribution in [0.25, 0.3) is 0 Å². The lowest BCUT2D eigenvalue weighted by molar-refractivity contribution is -0.128. The lowest BCUT2D eigenvalue weighted by Gasteiger charge is -2.13. The van der Waals surface area contributed by atoms with E-state index in [4.69, 9.17) is 0 Å². The van der Waals surface area contributed by atoms with E-state index in [0.717, 1.165) is 0 Å². The number of nitrogens with zero attached hydrogens (tertiary/aromatic N) is 1. The maximum atomic E-state index is 11.8. The summed E-state index contributed by atoms with van der Waals surface area (Å²) in [5, 5.41) is 2.97. The zero-order chi connectivity index (χ0) is 14.5. The molecule has 0 atom stereocenters. The highest BCUT2D eigenvalue weighted by Gasteiger charge is 2.15. The Kier molecular flexibility index (Phi) is 5.31. The molecule has 0 aliphatic carbocycles. The molecule has 0 unspecified atom stereocenters. The van der Waals surface area contributed by atoms with Crippen molar-refractivity contribution in [1.82, 2.24) is 9.62 Å². The summed E-state index contributed by atoms with van der Waals surface area (Å²) in [4.78, 5) is 13.1. The van der Waals surface area contributed by atoms with Gasteiger partial charge in [0.05, 0.1) is 5.69 Å². The summed E-state index contributed by atoms with van der Waals surface area (Å²) in [6.45, 7) is 0.382. The Morgan fingerprint density at radius 3 is 2.47 bits per heavy atom. The first-order valence-electron chi connectivity index (χ1n) is 5.85. The van der Waals surface area contributed by atoms with Crippen molar-refractivity contribution < 1.29 is 13.2 Å². The molecular weight excluding hydrogens is 266 g/mol. The van der Waals surface area contributed by atoms with Gasteiger partial charge in [-0.25, -0.2) is 13.1 Å². The molecule has 1 rings (SSSR count). The topological polar surface area (TPSA) is 78.5 Å². The molecule has 1 aromatic carbocycles. The maximum Gasteiger partial charge on any atom is 0.242 e. The van der Waals surface area contributed by atoms with Crippen LogP contribution in [-0.2, 0) is 14.8 Å². The number of para-hydroxylation sites is 1. The van der Waals surface area contributed by atoms with E-state index in [0.29, 0.717) is 18.7 Å². The van der Waals surface area contributed by atoms with E-state index >= 15 is 0 Å². The van der Waals surface area contributed by atoms with Crippen molar-refractivity contribution in [1.29, 1.82) is 0 Å². The van der Waals surface area contributed by atoms with Gasteiger partial charge in [-0.05, 0) is 19.2 Å². The number of carbonyl (C=O) groups excluding carboxylic acids is 1. The highest BCUT2D eigenvalue weighted by atomic mass is 32.2. The molecule has 6 nitrogen and oxygen atoms in total. The summed E-state index contributed by atoms with van der Waals surface area (Å²) < 4.78 is 25.9. The third kappa shape index (κ3) is 4.22. The number of nitrogens with one attached hydrogen (secondary N) is 2. The van der Waals surface area contributed by atoms with Crippen LogP contribution < -0.4 is 10.0 Å². The van der Waals surface area contributed by atoms with Gasteiger partial charge in [-0.2, -0.15) is 0 Å². The van der Waals surface area contributed by atoms with Crippen molar-refractivity contribution in [3.05, 3.63) is 24.3 Å². The van der Waals surface area contributed by atoms with Crippen LogP contribution in [0, 0.1) is 0 Å². The van der Waals surface area contributed by atoms with Gasteiger partial charge < -0.3 is 10.2 Å². The second-order valence-electron chi connectivity index (χ2n) is 4.17. The summed E-state index contributed by atoms with van der Waals surface area (Å²) in [6, 6.07) is 6.58. The predicted molar refractivity (Wildman–Crippen MR) is 74.5 cm³/mol. The molecule has 0 spiro atoms. The second-order valence-corrected chi connectivity index (χ2v) is 6.02. The van der Waals surface area contributed by atoms with Gasteiger partial charge in [-0.15, -0.1) is 0 Å². The van der Waals surface area contributed by atoms with Gasteiger partial charge in [0.2, 0.25) is 15.9 Å². The molecule has 2 N–H and O–H groups in total. The van der Waals surface area contributed by atoms with E-state index in [9.17, 15) is 13.2 Å². The zero-order valence-electron chi connectivity index (χ0n) is 11.3. The molecule has 0 radical (unpaired) electrons. The molecular formula is C12H19N3O3S. The average Bonchev–Trinajstić information content (AvgIpc) is 2.39. The fourth-order valence-corrected chi connectivity index (χ4v) is 2.39. The van der Waals surface area contributed by atoms with Crippen LogP contribution in [0.15, 0.2) is 29.2 Å². The minimum Gasteiger partial charge on any atom is -0.383 e. The Bertz CT molecular complexity index is 541. The first-order valence-corrected chi connectivity index (χ1v) is 7.33. The van der Waals surface area contributed by atoms with Gasteiger partial charge >= 0.3 is 0 Å². The Balaban J connectivity index is 2.78. The summed E-state index contributed by atoms with van der Waals surface area (Å²) in [7, 11) is 1.22. The lowest BCUT2D eigenvalue weighted by Crippen LogP contribution is -2.24. The monoisotopic (exact) mass is 285 g/mol. The van der Waals surface area contributed by atoms with Crippen molar-refractivity contribution >= 4 is 21.6 Å². The SMILES string of the molecule is CNS(=O)(=O)c1ccccc1NCCC(=O)N(C)C. The van der Waals surface area contributed by atoms with Crippen molar-refractivity contribution in [3.63, 3.8) is 0 Å². The summed E-state index contributed by atoms with van der Waals surface area (Å²) >= 11 is 0. The van der Waals surface area contributed by atoms with Gasteiger partial charge in [0.1, 0.15) is 4.90 Å². The van der Waals surface area contributed by atoms with Crippen molar-refractivity contribution in [2.75, 3.05) is 33.0 Å². The minimum atomic E-state index is -3.50. The number of amides is 1. The largest absolute Gasteiger partial charge is 0.383 e. The quantitative estimate of drug-likeness (QED) is 0.797. The smallest absolute Gasteiger partial charge is 0.242 e. The van der Waals surface area contributed by atoms with E-state index in [1.165, 1.54) is 18.0 Å². The normalized spacial score (nSPS) is 11.1. The zero-order valence-corrected chi connectivity index (χ0v) is 12.1. The number of carbonyl (C=O) groups is 1. The predicted octanol–water partition coefficient (Wildman–Crippen LogP) is 0.485. The fourth-order valence-electron chi connectivity index (χ4n) is 1.48. The maximum absolute atomic E-state index is 11.8. The van der Waals surface area contributed by atoms with Crippen LogP contribution in [0.3, 0.4) is 0 Å². The van der Waals surface area contributed by atoms with Crippen molar-refractivity contribution in [2.24, 2.45) is 0 Å². The Hall–Kier alpha value is -1.60. The van der Waals surface area contributed by atoms with Crippen LogP contribution in [0.1, 0.15) is 6.42 Å². The number of hydrogen-bond donors (Lipinski definition) is 2. The number of hydrogen-bond acceptors (Lipinski definition) is 4. The van der Waals surface area contributed by atoms with Crippen molar-refractivity contribution in [2.45, 2.75) is 11.3 Å². The number of rotatable bonds is 6. The molecule has 0 aliphatic heterocycles. The number of benzene rings is 1. The number of sulfonamides is 1. The summed E-state index contributed by atoms with van der Waals surface area (Å²) in [5.74, 6) is -0.0125. The van der Waals surface area contributed by atoms with E-state index in [2.05, 4.69) is 10.0 Å². The molecule has 0 heterocycles. The Morgan fingerprint density at radius 1 is 1.26 bits per heavy atom. The third-order valence-corrected chi connectivity index (χ3v) is 4.07. The molecule has 0 bridgehead atoms. The first kappa shape index (κ1) is 15.5. The van der Waals surface area contributed by atoms with Crippen LogP contribution in [-0.4, -0.2) is 46.9 Å². The van der Waals surface area contributed by atoms with Crippen LogP contribution in [0.4, 0.5) is 5.69 Å². The van der Waals surface area contributed by atoms with Crippen LogP contribution in [0.5, 0.6) is 0 Å². The van der Waals surface area contributed by atoms with Crippen LogP contribution >= 0.6 is 0 Å². The highest BCUT2D eigenvalue weighted by Crippen LogP contribution is 2.20. The first-order chi connectivity index (χ1) is 8.88. The van der Waals surface area contributed by atoms with E-state index in [1.54, 1.807) is 32.3 Å². The van der Waals surface area contributed by atoms with Gasteiger partial charge in [-0.3, -0.25) is 4.79 Å². The molecule has 106 valence electrons. The molecule has 0 saturated carbocycles. The lowest BCUT2D eigenvalue weighted by atomic mass is 10.3. The third-order valence-electron chi connectivity index (χ3n) is 2.60. The van der Waals surface area contributed by atoms with Crippen molar-refractivity contribution in [3.8, 4) is 0 Å². The molecule has 0 saturated heterocycles. The highest BCUT2D eigenvalue weighted by molar-refractivity contribution is 7.89. The molecule has 1 amide bonds. The molecule has 19 heavy (non-hydrogen) atoms. The minimum absolute atomic E-state index is 0.0125.